The highest BCUT2D eigenvalue weighted by atomic mass is 79.9. The minimum atomic E-state index is 0.131. The van der Waals surface area contributed by atoms with E-state index < -0.39 is 0 Å². The second kappa shape index (κ2) is 6.51. The highest BCUT2D eigenvalue weighted by Crippen LogP contribution is 2.23. The zero-order valence-corrected chi connectivity index (χ0v) is 11.4. The lowest BCUT2D eigenvalue weighted by atomic mass is 9.93. The van der Waals surface area contributed by atoms with E-state index in [-0.39, 0.29) is 5.92 Å². The van der Waals surface area contributed by atoms with E-state index in [0.717, 1.165) is 11.9 Å². The van der Waals surface area contributed by atoms with Crippen molar-refractivity contribution >= 4 is 21.8 Å². The van der Waals surface area contributed by atoms with Crippen molar-refractivity contribution < 1.29 is 4.79 Å². The quantitative estimate of drug-likeness (QED) is 0.722. The second-order valence-electron chi connectivity index (χ2n) is 4.67. The molecule has 1 rings (SSSR count). The Morgan fingerprint density at radius 1 is 1.33 bits per heavy atom. The molecule has 0 aromatic heterocycles. The van der Waals surface area contributed by atoms with Crippen molar-refractivity contribution in [3.63, 3.8) is 0 Å². The zero-order valence-electron chi connectivity index (χ0n) is 9.84. The molecule has 0 aliphatic heterocycles. The van der Waals surface area contributed by atoms with Crippen molar-refractivity contribution in [2.45, 2.75) is 52.0 Å². The smallest absolute Gasteiger partial charge is 0.225 e. The Morgan fingerprint density at radius 2 is 1.93 bits per heavy atom. The van der Waals surface area contributed by atoms with Crippen LogP contribution < -0.4 is 0 Å². The van der Waals surface area contributed by atoms with Crippen LogP contribution in [-0.2, 0) is 4.79 Å². The molecule has 0 saturated heterocycles. The molecule has 0 atom stereocenters. The molecule has 0 aromatic rings. The maximum atomic E-state index is 12.0. The third-order valence-electron chi connectivity index (χ3n) is 3.12. The molecule has 1 aliphatic carbocycles. The number of nitrogens with zero attached hydrogens (tertiary/aromatic N) is 1. The molecule has 1 saturated carbocycles. The van der Waals surface area contributed by atoms with Gasteiger partial charge in [-0.3, -0.25) is 4.79 Å². The van der Waals surface area contributed by atoms with Crippen molar-refractivity contribution in [2.75, 3.05) is 11.9 Å². The fourth-order valence-electron chi connectivity index (χ4n) is 2.29. The summed E-state index contributed by atoms with van der Waals surface area (Å²) in [5, 5.41) is 0.891. The van der Waals surface area contributed by atoms with E-state index in [2.05, 4.69) is 20.8 Å². The molecule has 0 radical (unpaired) electrons. The number of carbonyl (C=O) groups excluding carboxylic acids is 1. The van der Waals surface area contributed by atoms with E-state index >= 15 is 0 Å². The summed E-state index contributed by atoms with van der Waals surface area (Å²) < 4.78 is 0. The fraction of sp³-hybridized carbons (Fsp3) is 0.917. The molecular formula is C12H22BrNO. The average molecular weight is 276 g/mol. The number of rotatable bonds is 4. The third-order valence-corrected chi connectivity index (χ3v) is 3.47. The van der Waals surface area contributed by atoms with Gasteiger partial charge in [-0.05, 0) is 12.8 Å². The monoisotopic (exact) mass is 275 g/mol. The Morgan fingerprint density at radius 3 is 2.40 bits per heavy atom. The Labute approximate surface area is 102 Å². The number of alkyl halides is 1. The predicted molar refractivity (Wildman–Crippen MR) is 67.2 cm³/mol. The van der Waals surface area contributed by atoms with E-state index in [0.29, 0.717) is 11.9 Å². The number of hydrogen-bond acceptors (Lipinski definition) is 1. The van der Waals surface area contributed by atoms with Crippen LogP contribution in [0.1, 0.15) is 46.0 Å². The highest BCUT2D eigenvalue weighted by molar-refractivity contribution is 9.09. The fourth-order valence-corrected chi connectivity index (χ4v) is 2.67. The SMILES string of the molecule is CC(C)C(=O)N(CCBr)C1CCCCC1. The predicted octanol–water partition coefficient (Wildman–Crippen LogP) is 3.20. The van der Waals surface area contributed by atoms with Crippen LogP contribution in [0.5, 0.6) is 0 Å². The summed E-state index contributed by atoms with van der Waals surface area (Å²) in [4.78, 5) is 14.1. The minimum absolute atomic E-state index is 0.131. The van der Waals surface area contributed by atoms with Gasteiger partial charge in [-0.2, -0.15) is 0 Å². The van der Waals surface area contributed by atoms with Gasteiger partial charge in [0, 0.05) is 23.8 Å². The van der Waals surface area contributed by atoms with Crippen molar-refractivity contribution in [3.05, 3.63) is 0 Å². The number of carbonyl (C=O) groups is 1. The molecule has 0 aromatic carbocycles. The number of amides is 1. The summed E-state index contributed by atoms with van der Waals surface area (Å²) in [6.45, 7) is 4.85. The first kappa shape index (κ1) is 13.0. The Bertz CT molecular complexity index is 200. The van der Waals surface area contributed by atoms with Crippen LogP contribution in [0.4, 0.5) is 0 Å². The van der Waals surface area contributed by atoms with E-state index in [1.165, 1.54) is 32.1 Å². The van der Waals surface area contributed by atoms with E-state index in [1.807, 2.05) is 13.8 Å². The summed E-state index contributed by atoms with van der Waals surface area (Å²) in [7, 11) is 0. The summed E-state index contributed by atoms with van der Waals surface area (Å²) in [6, 6.07) is 0.506. The van der Waals surface area contributed by atoms with Gasteiger partial charge in [0.05, 0.1) is 0 Å². The number of hydrogen-bond donors (Lipinski definition) is 0. The molecule has 0 unspecified atom stereocenters. The van der Waals surface area contributed by atoms with Crippen LogP contribution >= 0.6 is 15.9 Å². The lowest BCUT2D eigenvalue weighted by molar-refractivity contribution is -0.137. The molecule has 3 heteroatoms. The summed E-state index contributed by atoms with van der Waals surface area (Å²) in [6.07, 6.45) is 6.31. The van der Waals surface area contributed by atoms with Crippen LogP contribution in [0.2, 0.25) is 0 Å². The molecule has 0 heterocycles. The molecule has 0 bridgehead atoms. The molecule has 0 spiro atoms. The van der Waals surface area contributed by atoms with Crippen molar-refractivity contribution in [1.29, 1.82) is 0 Å². The van der Waals surface area contributed by atoms with Crippen molar-refractivity contribution in [2.24, 2.45) is 5.92 Å². The first-order chi connectivity index (χ1) is 7.16. The van der Waals surface area contributed by atoms with Crippen LogP contribution in [0, 0.1) is 5.92 Å². The van der Waals surface area contributed by atoms with Gasteiger partial charge in [-0.15, -0.1) is 0 Å². The third kappa shape index (κ3) is 3.78. The highest BCUT2D eigenvalue weighted by Gasteiger charge is 2.26. The maximum absolute atomic E-state index is 12.0. The Kier molecular flexibility index (Phi) is 5.65. The molecule has 1 fully saturated rings. The van der Waals surface area contributed by atoms with E-state index in [1.54, 1.807) is 0 Å². The van der Waals surface area contributed by atoms with Gasteiger partial charge in [0.15, 0.2) is 0 Å². The summed E-state index contributed by atoms with van der Waals surface area (Å²) >= 11 is 3.44. The minimum Gasteiger partial charge on any atom is -0.339 e. The van der Waals surface area contributed by atoms with Crippen LogP contribution in [0.15, 0.2) is 0 Å². The Hall–Kier alpha value is -0.0500. The topological polar surface area (TPSA) is 20.3 Å². The zero-order chi connectivity index (χ0) is 11.3. The summed E-state index contributed by atoms with van der Waals surface area (Å²) in [5.41, 5.74) is 0. The van der Waals surface area contributed by atoms with Crippen molar-refractivity contribution in [1.82, 2.24) is 4.90 Å². The first-order valence-electron chi connectivity index (χ1n) is 6.03. The standard InChI is InChI=1S/C12H22BrNO/c1-10(2)12(15)14(9-8-13)11-6-4-3-5-7-11/h10-11H,3-9H2,1-2H3. The summed E-state index contributed by atoms with van der Waals surface area (Å²) in [5.74, 6) is 0.451. The molecule has 2 nitrogen and oxygen atoms in total. The van der Waals surface area contributed by atoms with Gasteiger partial charge >= 0.3 is 0 Å². The Balaban J connectivity index is 2.58. The van der Waals surface area contributed by atoms with Crippen LogP contribution in [0.25, 0.3) is 0 Å². The van der Waals surface area contributed by atoms with Crippen LogP contribution in [-0.4, -0.2) is 28.7 Å². The van der Waals surface area contributed by atoms with Crippen molar-refractivity contribution in [3.8, 4) is 0 Å². The molecule has 1 amide bonds. The van der Waals surface area contributed by atoms with Gasteiger partial charge in [-0.1, -0.05) is 49.0 Å². The lowest BCUT2D eigenvalue weighted by Crippen LogP contribution is -2.44. The number of halogens is 1. The lowest BCUT2D eigenvalue weighted by Gasteiger charge is -2.35. The van der Waals surface area contributed by atoms with E-state index in [9.17, 15) is 4.79 Å². The van der Waals surface area contributed by atoms with Gasteiger partial charge in [0.2, 0.25) is 5.91 Å². The average Bonchev–Trinajstić information content (AvgIpc) is 2.26. The molecule has 88 valence electrons. The molecule has 15 heavy (non-hydrogen) atoms. The van der Waals surface area contributed by atoms with Gasteiger partial charge in [-0.25, -0.2) is 0 Å². The van der Waals surface area contributed by atoms with Crippen LogP contribution in [0.3, 0.4) is 0 Å². The van der Waals surface area contributed by atoms with E-state index in [4.69, 9.17) is 0 Å². The first-order valence-corrected chi connectivity index (χ1v) is 7.15. The maximum Gasteiger partial charge on any atom is 0.225 e. The second-order valence-corrected chi connectivity index (χ2v) is 5.46. The normalized spacial score (nSPS) is 18.1. The molecule has 1 aliphatic rings. The van der Waals surface area contributed by atoms with Gasteiger partial charge in [0.25, 0.3) is 0 Å². The van der Waals surface area contributed by atoms with Gasteiger partial charge < -0.3 is 4.90 Å². The van der Waals surface area contributed by atoms with Gasteiger partial charge in [0.1, 0.15) is 0 Å². The largest absolute Gasteiger partial charge is 0.339 e. The molecule has 0 N–H and O–H groups in total. The molecular weight excluding hydrogens is 254 g/mol.